The molecule has 0 spiro atoms. The summed E-state index contributed by atoms with van der Waals surface area (Å²) in [5.41, 5.74) is 2.92. The molecule has 4 rings (SSSR count). The zero-order valence-corrected chi connectivity index (χ0v) is 19.6. The number of carboxylic acids is 1. The molecule has 32 heavy (non-hydrogen) atoms. The summed E-state index contributed by atoms with van der Waals surface area (Å²) in [4.78, 5) is 27.1. The van der Waals surface area contributed by atoms with E-state index < -0.39 is 17.6 Å². The highest BCUT2D eigenvalue weighted by Crippen LogP contribution is 2.52. The van der Waals surface area contributed by atoms with E-state index in [9.17, 15) is 14.7 Å². The van der Waals surface area contributed by atoms with Crippen LogP contribution < -0.4 is 0 Å². The Morgan fingerprint density at radius 2 is 1.38 bits per heavy atom. The van der Waals surface area contributed by atoms with Gasteiger partial charge in [-0.2, -0.15) is 0 Å². The zero-order valence-electron chi connectivity index (χ0n) is 19.6. The number of rotatable bonds is 4. The monoisotopic (exact) mass is 435 g/mol. The maximum Gasteiger partial charge on any atom is 0.410 e. The van der Waals surface area contributed by atoms with E-state index in [1.165, 1.54) is 4.90 Å². The molecule has 0 unspecified atom stereocenters. The number of aliphatic carboxylic acids is 1. The third-order valence-electron chi connectivity index (χ3n) is 7.15. The first kappa shape index (κ1) is 22.4. The number of carboxylic acid groups (broad SMARTS) is 1. The molecule has 5 heteroatoms. The summed E-state index contributed by atoms with van der Waals surface area (Å²) in [7, 11) is 1.57. The summed E-state index contributed by atoms with van der Waals surface area (Å²) in [5.74, 6) is -1.02. The Balaban J connectivity index is 1.57. The molecule has 0 atom stereocenters. The van der Waals surface area contributed by atoms with Crippen molar-refractivity contribution in [2.75, 3.05) is 13.7 Å². The molecule has 0 bridgehead atoms. The number of ether oxygens (including phenoxy) is 1. The summed E-state index contributed by atoms with van der Waals surface area (Å²) in [6, 6.07) is 16.4. The van der Waals surface area contributed by atoms with Crippen LogP contribution >= 0.6 is 0 Å². The molecule has 0 heterocycles. The van der Waals surface area contributed by atoms with E-state index in [4.69, 9.17) is 4.74 Å². The van der Waals surface area contributed by atoms with Crippen molar-refractivity contribution in [1.82, 2.24) is 4.90 Å². The smallest absolute Gasteiger partial charge is 0.410 e. The van der Waals surface area contributed by atoms with Crippen molar-refractivity contribution in [2.24, 2.45) is 10.8 Å². The minimum Gasteiger partial charge on any atom is -0.479 e. The number of benzene rings is 2. The zero-order chi connectivity index (χ0) is 23.3. The molecule has 0 radical (unpaired) electrons. The first-order valence-corrected chi connectivity index (χ1v) is 11.3. The lowest BCUT2D eigenvalue weighted by molar-refractivity contribution is -0.159. The number of carbonyl (C=O) groups excluding carboxylic acids is 1. The molecule has 0 aromatic heterocycles. The Morgan fingerprint density at radius 3 is 1.84 bits per heavy atom. The van der Waals surface area contributed by atoms with Crippen LogP contribution in [0.15, 0.2) is 48.5 Å². The van der Waals surface area contributed by atoms with Gasteiger partial charge in [0, 0.05) is 13.0 Å². The molecular formula is C27H33NO4. The van der Waals surface area contributed by atoms with E-state index in [-0.39, 0.29) is 23.4 Å². The van der Waals surface area contributed by atoms with E-state index in [1.54, 1.807) is 7.05 Å². The number of hydrogen-bond acceptors (Lipinski definition) is 3. The topological polar surface area (TPSA) is 66.8 Å². The van der Waals surface area contributed by atoms with E-state index in [0.29, 0.717) is 12.8 Å². The van der Waals surface area contributed by atoms with E-state index in [0.717, 1.165) is 28.7 Å². The molecular weight excluding hydrogens is 402 g/mol. The fourth-order valence-corrected chi connectivity index (χ4v) is 6.46. The molecule has 1 saturated carbocycles. The molecule has 2 aliphatic rings. The molecule has 0 aliphatic heterocycles. The van der Waals surface area contributed by atoms with Crippen LogP contribution in [0.1, 0.15) is 64.0 Å². The van der Waals surface area contributed by atoms with Gasteiger partial charge in [0.2, 0.25) is 0 Å². The molecule has 2 aliphatic carbocycles. The van der Waals surface area contributed by atoms with Crippen molar-refractivity contribution in [3.05, 3.63) is 59.7 Å². The van der Waals surface area contributed by atoms with Gasteiger partial charge in [0.25, 0.3) is 0 Å². The van der Waals surface area contributed by atoms with Crippen LogP contribution in [0.5, 0.6) is 0 Å². The van der Waals surface area contributed by atoms with Crippen molar-refractivity contribution in [2.45, 2.75) is 58.4 Å². The highest BCUT2D eigenvalue weighted by molar-refractivity contribution is 5.85. The Morgan fingerprint density at radius 1 is 0.906 bits per heavy atom. The summed E-state index contributed by atoms with van der Waals surface area (Å²) in [6.45, 7) is 8.50. The number of likely N-dealkylation sites (N-methyl/N-ethyl adjacent to an activating group) is 1. The Labute approximate surface area is 190 Å². The summed E-state index contributed by atoms with van der Waals surface area (Å²) >= 11 is 0. The lowest BCUT2D eigenvalue weighted by Gasteiger charge is -2.52. The molecule has 2 aromatic carbocycles. The normalized spacial score (nSPS) is 20.2. The van der Waals surface area contributed by atoms with Crippen LogP contribution in [-0.4, -0.2) is 41.3 Å². The summed E-state index contributed by atoms with van der Waals surface area (Å²) in [5, 5.41) is 10.3. The van der Waals surface area contributed by atoms with Gasteiger partial charge < -0.3 is 9.84 Å². The average molecular weight is 436 g/mol. The second kappa shape index (κ2) is 7.65. The molecule has 1 N–H and O–H groups in total. The lowest BCUT2D eigenvalue weighted by atomic mass is 9.58. The van der Waals surface area contributed by atoms with Crippen molar-refractivity contribution < 1.29 is 19.4 Å². The van der Waals surface area contributed by atoms with Gasteiger partial charge in [-0.1, -0.05) is 76.2 Å². The fraction of sp³-hybridized carbons (Fsp3) is 0.481. The molecule has 1 fully saturated rings. The van der Waals surface area contributed by atoms with Crippen LogP contribution in [0.25, 0.3) is 11.1 Å². The third-order valence-corrected chi connectivity index (χ3v) is 7.15. The third kappa shape index (κ3) is 3.78. The van der Waals surface area contributed by atoms with E-state index in [2.05, 4.69) is 52.0 Å². The molecule has 2 aromatic rings. The summed E-state index contributed by atoms with van der Waals surface area (Å²) in [6.07, 6.45) is 1.13. The van der Waals surface area contributed by atoms with E-state index >= 15 is 0 Å². The van der Waals surface area contributed by atoms with Crippen LogP contribution in [0.3, 0.4) is 0 Å². The van der Waals surface area contributed by atoms with Crippen molar-refractivity contribution in [1.29, 1.82) is 0 Å². The number of nitrogens with zero attached hydrogens (tertiary/aromatic N) is 1. The Kier molecular flexibility index (Phi) is 5.35. The predicted octanol–water partition coefficient (Wildman–Crippen LogP) is 5.93. The van der Waals surface area contributed by atoms with Crippen molar-refractivity contribution in [3.63, 3.8) is 0 Å². The summed E-state index contributed by atoms with van der Waals surface area (Å²) < 4.78 is 5.79. The quantitative estimate of drug-likeness (QED) is 0.647. The molecule has 5 nitrogen and oxygen atoms in total. The number of carbonyl (C=O) groups is 2. The van der Waals surface area contributed by atoms with E-state index in [1.807, 2.05) is 24.3 Å². The largest absolute Gasteiger partial charge is 0.479 e. The van der Waals surface area contributed by atoms with Gasteiger partial charge in [0.1, 0.15) is 12.1 Å². The maximum atomic E-state index is 13.2. The fourth-order valence-electron chi connectivity index (χ4n) is 6.46. The van der Waals surface area contributed by atoms with Crippen LogP contribution in [0.4, 0.5) is 4.79 Å². The average Bonchev–Trinajstić information content (AvgIpc) is 3.03. The van der Waals surface area contributed by atoms with Gasteiger partial charge in [-0.15, -0.1) is 0 Å². The van der Waals surface area contributed by atoms with Crippen molar-refractivity contribution >= 4 is 12.1 Å². The Bertz CT molecular complexity index is 994. The first-order chi connectivity index (χ1) is 15.0. The highest BCUT2D eigenvalue weighted by atomic mass is 16.6. The number of hydrogen-bond donors (Lipinski definition) is 1. The van der Waals surface area contributed by atoms with Gasteiger partial charge in [-0.25, -0.2) is 9.59 Å². The van der Waals surface area contributed by atoms with Gasteiger partial charge in [0.15, 0.2) is 0 Å². The van der Waals surface area contributed by atoms with Gasteiger partial charge in [-0.3, -0.25) is 4.90 Å². The minimum atomic E-state index is -1.28. The molecule has 1 amide bonds. The lowest BCUT2D eigenvalue weighted by Crippen LogP contribution is -2.62. The van der Waals surface area contributed by atoms with Crippen LogP contribution in [0.2, 0.25) is 0 Å². The second-order valence-corrected chi connectivity index (χ2v) is 11.1. The second-order valence-electron chi connectivity index (χ2n) is 11.1. The maximum absolute atomic E-state index is 13.2. The van der Waals surface area contributed by atoms with Crippen LogP contribution in [0, 0.1) is 10.8 Å². The van der Waals surface area contributed by atoms with Gasteiger partial charge in [0.05, 0.1) is 0 Å². The van der Waals surface area contributed by atoms with Crippen molar-refractivity contribution in [3.8, 4) is 11.1 Å². The highest BCUT2D eigenvalue weighted by Gasteiger charge is 2.56. The first-order valence-electron chi connectivity index (χ1n) is 11.3. The Hall–Kier alpha value is -2.82. The standard InChI is InChI=1S/C27H33NO4/c1-25(2)15-26(3,4)17-27(16-25,23(29)30)28(5)24(31)32-14-22-20-12-8-6-10-18(20)19-11-7-9-13-21(19)22/h6-13,22H,14-17H2,1-5H3,(H,29,30). The minimum absolute atomic E-state index is 0.0558. The van der Waals surface area contributed by atoms with Crippen LogP contribution in [-0.2, 0) is 9.53 Å². The number of amides is 1. The SMILES string of the molecule is CN(C(=O)OCC1c2ccccc2-c2ccccc21)C1(C(=O)O)CC(C)(C)CC(C)(C)C1. The molecule has 170 valence electrons. The molecule has 0 saturated heterocycles. The number of fused-ring (bicyclic) bond motifs is 3. The van der Waals surface area contributed by atoms with Gasteiger partial charge in [-0.05, 0) is 52.3 Å². The predicted molar refractivity (Wildman–Crippen MR) is 125 cm³/mol. The van der Waals surface area contributed by atoms with Gasteiger partial charge >= 0.3 is 12.1 Å².